The molecular weight excluding hydrogens is 290 g/mol. The van der Waals surface area contributed by atoms with Crippen molar-refractivity contribution >= 4 is 18.0 Å². The van der Waals surface area contributed by atoms with Gasteiger partial charge in [-0.25, -0.2) is 4.79 Å². The van der Waals surface area contributed by atoms with E-state index in [1.807, 2.05) is 30.3 Å². The van der Waals surface area contributed by atoms with Crippen LogP contribution < -0.4 is 5.32 Å². The third-order valence-electron chi connectivity index (χ3n) is 3.17. The van der Waals surface area contributed by atoms with E-state index in [0.717, 1.165) is 11.1 Å². The van der Waals surface area contributed by atoms with Gasteiger partial charge in [0.15, 0.2) is 0 Å². The molecular formula is C19H19NO3. The van der Waals surface area contributed by atoms with Crippen molar-refractivity contribution in [2.24, 2.45) is 0 Å². The summed E-state index contributed by atoms with van der Waals surface area (Å²) in [4.78, 5) is 23.3. The number of hydrogen-bond donors (Lipinski definition) is 1. The first kappa shape index (κ1) is 16.5. The zero-order valence-corrected chi connectivity index (χ0v) is 13.0. The van der Waals surface area contributed by atoms with Crippen molar-refractivity contribution in [1.82, 2.24) is 5.32 Å². The molecule has 23 heavy (non-hydrogen) atoms. The third kappa shape index (κ3) is 5.43. The van der Waals surface area contributed by atoms with Gasteiger partial charge in [0.25, 0.3) is 5.91 Å². The first-order valence-electron chi connectivity index (χ1n) is 7.46. The van der Waals surface area contributed by atoms with Gasteiger partial charge in [-0.05, 0) is 36.3 Å². The van der Waals surface area contributed by atoms with Gasteiger partial charge in [0, 0.05) is 18.2 Å². The minimum absolute atomic E-state index is 0.130. The average Bonchev–Trinajstić information content (AvgIpc) is 2.59. The summed E-state index contributed by atoms with van der Waals surface area (Å²) < 4.78 is 4.81. The highest BCUT2D eigenvalue weighted by molar-refractivity contribution is 5.94. The molecule has 2 aromatic rings. The molecule has 0 spiro atoms. The van der Waals surface area contributed by atoms with Crippen LogP contribution in [0.1, 0.15) is 28.4 Å². The van der Waals surface area contributed by atoms with Crippen LogP contribution in [0.15, 0.2) is 60.7 Å². The van der Waals surface area contributed by atoms with Crippen LogP contribution in [-0.2, 0) is 16.1 Å². The summed E-state index contributed by atoms with van der Waals surface area (Å²) in [6, 6.07) is 16.8. The Morgan fingerprint density at radius 2 is 1.74 bits per heavy atom. The predicted octanol–water partition coefficient (Wildman–Crippen LogP) is 3.19. The SMILES string of the molecule is CCOC(=O)/C=C/c1ccc(C(=O)NCc2ccccc2)cc1. The molecule has 4 nitrogen and oxygen atoms in total. The van der Waals surface area contributed by atoms with Crippen LogP contribution in [-0.4, -0.2) is 18.5 Å². The molecule has 1 N–H and O–H groups in total. The molecule has 2 rings (SSSR count). The molecule has 0 heterocycles. The maximum Gasteiger partial charge on any atom is 0.330 e. The minimum Gasteiger partial charge on any atom is -0.463 e. The van der Waals surface area contributed by atoms with Crippen LogP contribution in [0.3, 0.4) is 0 Å². The normalized spacial score (nSPS) is 10.5. The smallest absolute Gasteiger partial charge is 0.330 e. The monoisotopic (exact) mass is 309 g/mol. The lowest BCUT2D eigenvalue weighted by Crippen LogP contribution is -2.22. The largest absolute Gasteiger partial charge is 0.463 e. The molecule has 4 heteroatoms. The van der Waals surface area contributed by atoms with Gasteiger partial charge in [0.1, 0.15) is 0 Å². The van der Waals surface area contributed by atoms with Gasteiger partial charge < -0.3 is 10.1 Å². The van der Waals surface area contributed by atoms with Gasteiger partial charge in [-0.1, -0.05) is 42.5 Å². The molecule has 1 amide bonds. The Kier molecular flexibility index (Phi) is 6.12. The van der Waals surface area contributed by atoms with Crippen LogP contribution in [0.5, 0.6) is 0 Å². The topological polar surface area (TPSA) is 55.4 Å². The molecule has 0 bridgehead atoms. The molecule has 0 aliphatic carbocycles. The van der Waals surface area contributed by atoms with Crippen molar-refractivity contribution in [1.29, 1.82) is 0 Å². The number of amides is 1. The molecule has 0 fully saturated rings. The van der Waals surface area contributed by atoms with E-state index in [2.05, 4.69) is 5.32 Å². The van der Waals surface area contributed by atoms with Crippen molar-refractivity contribution in [2.45, 2.75) is 13.5 Å². The second kappa shape index (κ2) is 8.54. The summed E-state index contributed by atoms with van der Waals surface area (Å²) in [5.74, 6) is -0.507. The number of hydrogen-bond acceptors (Lipinski definition) is 3. The van der Waals surface area contributed by atoms with Gasteiger partial charge in [-0.2, -0.15) is 0 Å². The Balaban J connectivity index is 1.91. The molecule has 0 aromatic heterocycles. The summed E-state index contributed by atoms with van der Waals surface area (Å²) in [5.41, 5.74) is 2.46. The maximum absolute atomic E-state index is 12.1. The quantitative estimate of drug-likeness (QED) is 0.658. The van der Waals surface area contributed by atoms with E-state index in [9.17, 15) is 9.59 Å². The van der Waals surface area contributed by atoms with Gasteiger partial charge in [-0.3, -0.25) is 4.79 Å². The minimum atomic E-state index is -0.378. The summed E-state index contributed by atoms with van der Waals surface area (Å²) in [7, 11) is 0. The first-order valence-corrected chi connectivity index (χ1v) is 7.46. The van der Waals surface area contributed by atoms with Gasteiger partial charge in [0.2, 0.25) is 0 Å². The molecule has 0 atom stereocenters. The van der Waals surface area contributed by atoms with Crippen LogP contribution in [0, 0.1) is 0 Å². The zero-order chi connectivity index (χ0) is 16.5. The Hall–Kier alpha value is -2.88. The van der Waals surface area contributed by atoms with E-state index in [4.69, 9.17) is 4.74 Å². The second-order valence-corrected chi connectivity index (χ2v) is 4.88. The fourth-order valence-corrected chi connectivity index (χ4v) is 1.98. The Morgan fingerprint density at radius 3 is 2.39 bits per heavy atom. The van der Waals surface area contributed by atoms with Crippen molar-refractivity contribution in [3.05, 3.63) is 77.4 Å². The average molecular weight is 309 g/mol. The molecule has 0 saturated heterocycles. The number of carbonyl (C=O) groups excluding carboxylic acids is 2. The van der Waals surface area contributed by atoms with Gasteiger partial charge in [0.05, 0.1) is 6.61 Å². The lowest BCUT2D eigenvalue weighted by Gasteiger charge is -2.05. The number of nitrogens with one attached hydrogen (secondary N) is 1. The lowest BCUT2D eigenvalue weighted by molar-refractivity contribution is -0.137. The fraction of sp³-hybridized carbons (Fsp3) is 0.158. The standard InChI is InChI=1S/C19H19NO3/c1-2-23-18(21)13-10-15-8-11-17(12-9-15)19(22)20-14-16-6-4-3-5-7-16/h3-13H,2,14H2,1H3,(H,20,22)/b13-10+. The maximum atomic E-state index is 12.1. The Bertz CT molecular complexity index is 676. The molecule has 0 saturated carbocycles. The summed E-state index contributed by atoms with van der Waals surface area (Å²) >= 11 is 0. The second-order valence-electron chi connectivity index (χ2n) is 4.88. The van der Waals surface area contributed by atoms with Crippen LogP contribution in [0.2, 0.25) is 0 Å². The highest BCUT2D eigenvalue weighted by Crippen LogP contribution is 2.07. The zero-order valence-electron chi connectivity index (χ0n) is 13.0. The molecule has 0 aliphatic heterocycles. The first-order chi connectivity index (χ1) is 11.2. The number of rotatable bonds is 6. The molecule has 2 aromatic carbocycles. The fourth-order valence-electron chi connectivity index (χ4n) is 1.98. The predicted molar refractivity (Wildman–Crippen MR) is 89.7 cm³/mol. The number of benzene rings is 2. The highest BCUT2D eigenvalue weighted by Gasteiger charge is 2.04. The number of ether oxygens (including phenoxy) is 1. The molecule has 0 aliphatic rings. The summed E-state index contributed by atoms with van der Waals surface area (Å²) in [6.45, 7) is 2.60. The van der Waals surface area contributed by atoms with E-state index in [-0.39, 0.29) is 11.9 Å². The Morgan fingerprint density at radius 1 is 1.04 bits per heavy atom. The lowest BCUT2D eigenvalue weighted by atomic mass is 10.1. The van der Waals surface area contributed by atoms with Crippen LogP contribution in [0.4, 0.5) is 0 Å². The number of esters is 1. The number of carbonyl (C=O) groups is 2. The van der Waals surface area contributed by atoms with E-state index in [0.29, 0.717) is 18.7 Å². The molecule has 0 unspecified atom stereocenters. The van der Waals surface area contributed by atoms with E-state index < -0.39 is 0 Å². The third-order valence-corrected chi connectivity index (χ3v) is 3.17. The van der Waals surface area contributed by atoms with Crippen molar-refractivity contribution < 1.29 is 14.3 Å². The van der Waals surface area contributed by atoms with Crippen LogP contribution in [0.25, 0.3) is 6.08 Å². The Labute approximate surface area is 135 Å². The van der Waals surface area contributed by atoms with Gasteiger partial charge in [-0.15, -0.1) is 0 Å². The van der Waals surface area contributed by atoms with E-state index in [1.54, 1.807) is 37.3 Å². The molecule has 118 valence electrons. The molecule has 0 radical (unpaired) electrons. The summed E-state index contributed by atoms with van der Waals surface area (Å²) in [5, 5.41) is 2.87. The van der Waals surface area contributed by atoms with Crippen molar-refractivity contribution in [3.8, 4) is 0 Å². The van der Waals surface area contributed by atoms with Crippen molar-refractivity contribution in [3.63, 3.8) is 0 Å². The van der Waals surface area contributed by atoms with E-state index in [1.165, 1.54) is 6.08 Å². The van der Waals surface area contributed by atoms with Gasteiger partial charge >= 0.3 is 5.97 Å². The van der Waals surface area contributed by atoms with Crippen molar-refractivity contribution in [2.75, 3.05) is 6.61 Å². The highest BCUT2D eigenvalue weighted by atomic mass is 16.5. The summed E-state index contributed by atoms with van der Waals surface area (Å²) in [6.07, 6.45) is 3.03. The van der Waals surface area contributed by atoms with E-state index >= 15 is 0 Å². The van der Waals surface area contributed by atoms with Crippen LogP contribution >= 0.6 is 0 Å².